The van der Waals surface area contributed by atoms with Gasteiger partial charge in [0.05, 0.1) is 0 Å². The summed E-state index contributed by atoms with van der Waals surface area (Å²) in [4.78, 5) is 11.6. The standard InChI is InChI=1S/C19H24O4/c1-11-6-12-7-13-8-15(10-17(12)13)18(11)19(21-2,23-22-18)14-4-3-5-16(20)9-14/h3-5,9,11-13,15,17,20H,6-8,10H2,1-2H3. The van der Waals surface area contributed by atoms with Gasteiger partial charge in [-0.15, -0.1) is 0 Å². The van der Waals surface area contributed by atoms with E-state index in [9.17, 15) is 5.11 Å². The lowest BCUT2D eigenvalue weighted by atomic mass is 9.59. The van der Waals surface area contributed by atoms with Crippen LogP contribution in [0.1, 0.15) is 38.2 Å². The highest BCUT2D eigenvalue weighted by atomic mass is 17.3. The van der Waals surface area contributed by atoms with Crippen LogP contribution in [0.5, 0.6) is 5.75 Å². The third kappa shape index (κ3) is 1.53. The average Bonchev–Trinajstić information content (AvgIpc) is 2.77. The molecule has 5 rings (SSSR count). The van der Waals surface area contributed by atoms with Crippen molar-refractivity contribution < 1.29 is 19.6 Å². The summed E-state index contributed by atoms with van der Waals surface area (Å²) in [7, 11) is 1.69. The molecule has 1 aromatic carbocycles. The van der Waals surface area contributed by atoms with Crippen LogP contribution in [0.4, 0.5) is 0 Å². The maximum absolute atomic E-state index is 9.93. The Morgan fingerprint density at radius 2 is 1.96 bits per heavy atom. The Labute approximate surface area is 136 Å². The fraction of sp³-hybridized carbons (Fsp3) is 0.684. The van der Waals surface area contributed by atoms with Gasteiger partial charge in [-0.3, -0.25) is 0 Å². The van der Waals surface area contributed by atoms with Crippen LogP contribution >= 0.6 is 0 Å². The molecular formula is C19H24O4. The predicted molar refractivity (Wildman–Crippen MR) is 83.3 cm³/mol. The highest BCUT2D eigenvalue weighted by Crippen LogP contribution is 2.69. The number of methoxy groups -OCH3 is 1. The number of fused-ring (bicyclic) bond motifs is 2. The number of benzene rings is 1. The number of aromatic hydroxyl groups is 1. The molecule has 4 heteroatoms. The van der Waals surface area contributed by atoms with Gasteiger partial charge in [-0.05, 0) is 67.4 Å². The molecule has 23 heavy (non-hydrogen) atoms. The first-order valence-electron chi connectivity index (χ1n) is 8.82. The summed E-state index contributed by atoms with van der Waals surface area (Å²) in [5.74, 6) is 2.78. The fourth-order valence-corrected chi connectivity index (χ4v) is 6.28. The molecule has 4 fully saturated rings. The van der Waals surface area contributed by atoms with E-state index in [4.69, 9.17) is 14.5 Å². The summed E-state index contributed by atoms with van der Waals surface area (Å²) in [6.07, 6.45) is 5.03. The van der Waals surface area contributed by atoms with Crippen molar-refractivity contribution in [3.8, 4) is 5.75 Å². The maximum atomic E-state index is 9.93. The highest BCUT2D eigenvalue weighted by Gasteiger charge is 2.75. The summed E-state index contributed by atoms with van der Waals surface area (Å²) < 4.78 is 5.98. The minimum atomic E-state index is -0.901. The van der Waals surface area contributed by atoms with Gasteiger partial charge in [0.2, 0.25) is 0 Å². The average molecular weight is 316 g/mol. The summed E-state index contributed by atoms with van der Waals surface area (Å²) in [6, 6.07) is 7.24. The molecule has 0 radical (unpaired) electrons. The van der Waals surface area contributed by atoms with Gasteiger partial charge in [0, 0.05) is 12.7 Å². The van der Waals surface area contributed by atoms with Crippen molar-refractivity contribution in [3.63, 3.8) is 0 Å². The van der Waals surface area contributed by atoms with E-state index in [0.717, 1.165) is 23.3 Å². The van der Waals surface area contributed by atoms with Gasteiger partial charge in [0.15, 0.2) is 5.60 Å². The van der Waals surface area contributed by atoms with Gasteiger partial charge >= 0.3 is 0 Å². The Kier molecular flexibility index (Phi) is 2.79. The summed E-state index contributed by atoms with van der Waals surface area (Å²) in [6.45, 7) is 2.28. The van der Waals surface area contributed by atoms with Gasteiger partial charge in [-0.25, -0.2) is 4.89 Å². The van der Waals surface area contributed by atoms with Crippen molar-refractivity contribution in [1.29, 1.82) is 0 Å². The smallest absolute Gasteiger partial charge is 0.260 e. The van der Waals surface area contributed by atoms with Gasteiger partial charge in [-0.2, -0.15) is 4.89 Å². The predicted octanol–water partition coefficient (Wildman–Crippen LogP) is 3.59. The molecule has 1 aliphatic heterocycles. The minimum absolute atomic E-state index is 0.234. The number of hydrogen-bond donors (Lipinski definition) is 1. The number of ether oxygens (including phenoxy) is 1. The van der Waals surface area contributed by atoms with Crippen LogP contribution in [0.25, 0.3) is 0 Å². The molecule has 4 nitrogen and oxygen atoms in total. The third-order valence-electron chi connectivity index (χ3n) is 7.28. The second kappa shape index (κ2) is 4.50. The lowest BCUT2D eigenvalue weighted by Crippen LogP contribution is -2.71. The summed E-state index contributed by atoms with van der Waals surface area (Å²) >= 11 is 0. The van der Waals surface area contributed by atoms with E-state index >= 15 is 0 Å². The molecule has 3 saturated carbocycles. The van der Waals surface area contributed by atoms with E-state index in [1.807, 2.05) is 12.1 Å². The topological polar surface area (TPSA) is 47.9 Å². The fourth-order valence-electron chi connectivity index (χ4n) is 6.28. The molecular weight excluding hydrogens is 292 g/mol. The van der Waals surface area contributed by atoms with Gasteiger partial charge < -0.3 is 9.84 Å². The zero-order valence-electron chi connectivity index (χ0n) is 13.7. The number of phenolic OH excluding ortho intramolecular Hbond substituents is 1. The van der Waals surface area contributed by atoms with Crippen LogP contribution in [0.3, 0.4) is 0 Å². The molecule has 7 atom stereocenters. The van der Waals surface area contributed by atoms with Gasteiger partial charge in [0.1, 0.15) is 5.75 Å². The molecule has 2 bridgehead atoms. The Bertz CT molecular complexity index is 642. The van der Waals surface area contributed by atoms with Crippen LogP contribution < -0.4 is 0 Å². The maximum Gasteiger partial charge on any atom is 0.260 e. The van der Waals surface area contributed by atoms with Crippen LogP contribution in [-0.2, 0) is 20.3 Å². The number of phenols is 1. The first-order valence-corrected chi connectivity index (χ1v) is 8.82. The molecule has 1 heterocycles. The van der Waals surface area contributed by atoms with Crippen molar-refractivity contribution in [2.75, 3.05) is 7.11 Å². The van der Waals surface area contributed by atoms with E-state index in [-0.39, 0.29) is 5.75 Å². The normalized spacial score (nSPS) is 50.3. The van der Waals surface area contributed by atoms with Crippen LogP contribution in [0, 0.1) is 29.6 Å². The van der Waals surface area contributed by atoms with Crippen molar-refractivity contribution >= 4 is 0 Å². The Balaban J connectivity index is 1.63. The quantitative estimate of drug-likeness (QED) is 0.847. The van der Waals surface area contributed by atoms with Crippen LogP contribution in [-0.4, -0.2) is 17.8 Å². The van der Waals surface area contributed by atoms with Crippen LogP contribution in [0.2, 0.25) is 0 Å². The first-order chi connectivity index (χ1) is 11.1. The monoisotopic (exact) mass is 316 g/mol. The Morgan fingerprint density at radius 1 is 1.13 bits per heavy atom. The van der Waals surface area contributed by atoms with E-state index in [0.29, 0.717) is 11.8 Å². The molecule has 3 aliphatic carbocycles. The molecule has 124 valence electrons. The zero-order valence-corrected chi connectivity index (χ0v) is 13.7. The SMILES string of the molecule is COC1(c2cccc(O)c2)OOC12C(C)CC1CC3CC2CC13. The highest BCUT2D eigenvalue weighted by molar-refractivity contribution is 5.35. The van der Waals surface area contributed by atoms with Gasteiger partial charge in [-0.1, -0.05) is 19.1 Å². The van der Waals surface area contributed by atoms with Crippen molar-refractivity contribution in [2.45, 2.75) is 44.0 Å². The molecule has 1 N–H and O–H groups in total. The van der Waals surface area contributed by atoms with E-state index in [1.54, 1.807) is 19.2 Å². The lowest BCUT2D eigenvalue weighted by molar-refractivity contribution is -0.636. The summed E-state index contributed by atoms with van der Waals surface area (Å²) in [5, 5.41) is 9.93. The largest absolute Gasteiger partial charge is 0.508 e. The van der Waals surface area contributed by atoms with Gasteiger partial charge in [0.25, 0.3) is 5.79 Å². The van der Waals surface area contributed by atoms with Crippen LogP contribution in [0.15, 0.2) is 24.3 Å². The van der Waals surface area contributed by atoms with Crippen molar-refractivity contribution in [1.82, 2.24) is 0 Å². The molecule has 1 aromatic rings. The molecule has 4 aliphatic rings. The molecule has 7 unspecified atom stereocenters. The van der Waals surface area contributed by atoms with E-state index < -0.39 is 11.4 Å². The molecule has 0 amide bonds. The summed E-state index contributed by atoms with van der Waals surface area (Å²) in [5.41, 5.74) is 0.426. The minimum Gasteiger partial charge on any atom is -0.508 e. The third-order valence-corrected chi connectivity index (χ3v) is 7.28. The lowest BCUT2D eigenvalue weighted by Gasteiger charge is -2.61. The Morgan fingerprint density at radius 3 is 2.65 bits per heavy atom. The second-order valence-electron chi connectivity index (χ2n) is 8.06. The molecule has 1 spiro atoms. The zero-order chi connectivity index (χ0) is 15.8. The first kappa shape index (κ1) is 14.3. The van der Waals surface area contributed by atoms with Crippen molar-refractivity contribution in [2.24, 2.45) is 29.6 Å². The Hall–Kier alpha value is -1.10. The second-order valence-corrected chi connectivity index (χ2v) is 8.06. The van der Waals surface area contributed by atoms with E-state index in [1.165, 1.54) is 25.7 Å². The molecule has 0 aromatic heterocycles. The van der Waals surface area contributed by atoms with Crippen molar-refractivity contribution in [3.05, 3.63) is 29.8 Å². The number of rotatable bonds is 2. The van der Waals surface area contributed by atoms with E-state index in [2.05, 4.69) is 6.92 Å². The molecule has 1 saturated heterocycles. The number of hydrogen-bond acceptors (Lipinski definition) is 4.